The van der Waals surface area contributed by atoms with Gasteiger partial charge < -0.3 is 5.32 Å². The summed E-state index contributed by atoms with van der Waals surface area (Å²) in [5.74, 6) is -3.78. The fourth-order valence-corrected chi connectivity index (χ4v) is 2.17. The summed E-state index contributed by atoms with van der Waals surface area (Å²) in [7, 11) is 0. The van der Waals surface area contributed by atoms with Crippen LogP contribution >= 0.6 is 11.6 Å². The van der Waals surface area contributed by atoms with Crippen molar-refractivity contribution in [1.82, 2.24) is 5.32 Å². The molecule has 0 saturated heterocycles. The first-order valence-electron chi connectivity index (χ1n) is 6.57. The molecule has 1 N–H and O–H groups in total. The highest BCUT2D eigenvalue weighted by Gasteiger charge is 2.11. The Balaban J connectivity index is 1.92. The van der Waals surface area contributed by atoms with Crippen molar-refractivity contribution in [2.75, 3.05) is 0 Å². The minimum atomic E-state index is -1.44. The van der Waals surface area contributed by atoms with Crippen molar-refractivity contribution in [3.63, 3.8) is 0 Å². The molecule has 0 fully saturated rings. The van der Waals surface area contributed by atoms with E-state index in [1.807, 2.05) is 31.2 Å². The van der Waals surface area contributed by atoms with Crippen LogP contribution in [0.2, 0.25) is 5.02 Å². The lowest BCUT2D eigenvalue weighted by atomic mass is 10.1. The number of hydrogen-bond acceptors (Lipinski definition) is 1. The van der Waals surface area contributed by atoms with Gasteiger partial charge >= 0.3 is 0 Å². The number of rotatable bonds is 5. The Kier molecular flexibility index (Phi) is 5.26. The van der Waals surface area contributed by atoms with Crippen molar-refractivity contribution in [1.29, 1.82) is 0 Å². The van der Waals surface area contributed by atoms with Gasteiger partial charge in [-0.15, -0.1) is 0 Å². The molecule has 0 amide bonds. The zero-order chi connectivity index (χ0) is 15.4. The van der Waals surface area contributed by atoms with Gasteiger partial charge in [-0.1, -0.05) is 23.7 Å². The summed E-state index contributed by atoms with van der Waals surface area (Å²) in [4.78, 5) is 0. The molecule has 5 heteroatoms. The summed E-state index contributed by atoms with van der Waals surface area (Å²) in [5.41, 5.74) is 1.48. The fourth-order valence-electron chi connectivity index (χ4n) is 2.05. The standard InChI is InChI=1S/C16H15ClF3N/c1-10(6-11-2-4-13(17)5-3-11)21-9-12-7-14(18)16(20)15(19)8-12/h2-5,7-8,10,21H,6,9H2,1H3. The molecule has 1 unspecified atom stereocenters. The molecule has 1 nitrogen and oxygen atoms in total. The average Bonchev–Trinajstić information content (AvgIpc) is 2.45. The van der Waals surface area contributed by atoms with Crippen LogP contribution in [0.1, 0.15) is 18.1 Å². The molecule has 0 bridgehead atoms. The molecule has 2 aromatic carbocycles. The van der Waals surface area contributed by atoms with Crippen LogP contribution in [0.15, 0.2) is 36.4 Å². The predicted octanol–water partition coefficient (Wildman–Crippen LogP) is 4.48. The van der Waals surface area contributed by atoms with Gasteiger partial charge in [0.25, 0.3) is 0 Å². The van der Waals surface area contributed by atoms with E-state index >= 15 is 0 Å². The molecular weight excluding hydrogens is 299 g/mol. The van der Waals surface area contributed by atoms with Gasteiger partial charge in [-0.25, -0.2) is 13.2 Å². The average molecular weight is 314 g/mol. The van der Waals surface area contributed by atoms with E-state index in [1.54, 1.807) is 0 Å². The van der Waals surface area contributed by atoms with Crippen molar-refractivity contribution >= 4 is 11.6 Å². The molecule has 1 atom stereocenters. The second-order valence-electron chi connectivity index (χ2n) is 4.99. The quantitative estimate of drug-likeness (QED) is 0.803. The van der Waals surface area contributed by atoms with Gasteiger partial charge in [-0.2, -0.15) is 0 Å². The molecule has 2 rings (SSSR count). The van der Waals surface area contributed by atoms with E-state index in [9.17, 15) is 13.2 Å². The summed E-state index contributed by atoms with van der Waals surface area (Å²) < 4.78 is 39.0. The number of hydrogen-bond donors (Lipinski definition) is 1. The smallest absolute Gasteiger partial charge is 0.194 e. The molecule has 0 aliphatic rings. The van der Waals surface area contributed by atoms with Crippen LogP contribution in [0.3, 0.4) is 0 Å². The van der Waals surface area contributed by atoms with Gasteiger partial charge in [0.15, 0.2) is 17.5 Å². The van der Waals surface area contributed by atoms with Crippen molar-refractivity contribution in [3.05, 3.63) is 70.0 Å². The minimum Gasteiger partial charge on any atom is -0.310 e. The second kappa shape index (κ2) is 6.96. The Morgan fingerprint density at radius 3 is 2.14 bits per heavy atom. The molecule has 0 heterocycles. The molecule has 0 aliphatic carbocycles. The number of benzene rings is 2. The van der Waals surface area contributed by atoms with Gasteiger partial charge in [0.1, 0.15) is 0 Å². The maximum atomic E-state index is 13.1. The van der Waals surface area contributed by atoms with E-state index in [-0.39, 0.29) is 12.6 Å². The summed E-state index contributed by atoms with van der Waals surface area (Å²) in [5, 5.41) is 3.82. The van der Waals surface area contributed by atoms with Crippen LogP contribution < -0.4 is 5.32 Å². The van der Waals surface area contributed by atoms with Gasteiger partial charge in [-0.3, -0.25) is 0 Å². The van der Waals surface area contributed by atoms with Crippen molar-refractivity contribution in [2.45, 2.75) is 25.9 Å². The summed E-state index contributed by atoms with van der Waals surface area (Å²) >= 11 is 5.81. The maximum absolute atomic E-state index is 13.1. The zero-order valence-electron chi connectivity index (χ0n) is 11.5. The molecule has 0 radical (unpaired) electrons. The van der Waals surface area contributed by atoms with E-state index < -0.39 is 17.5 Å². The number of nitrogens with one attached hydrogen (secondary N) is 1. The third kappa shape index (κ3) is 4.48. The van der Waals surface area contributed by atoms with Crippen molar-refractivity contribution < 1.29 is 13.2 Å². The summed E-state index contributed by atoms with van der Waals surface area (Å²) in [6, 6.07) is 9.58. The Labute approximate surface area is 126 Å². The topological polar surface area (TPSA) is 12.0 Å². The highest BCUT2D eigenvalue weighted by atomic mass is 35.5. The minimum absolute atomic E-state index is 0.0994. The van der Waals surface area contributed by atoms with Crippen LogP contribution in [0.5, 0.6) is 0 Å². The van der Waals surface area contributed by atoms with Crippen LogP contribution in [0, 0.1) is 17.5 Å². The lowest BCUT2D eigenvalue weighted by Gasteiger charge is -2.14. The third-order valence-corrected chi connectivity index (χ3v) is 3.41. The molecule has 0 aliphatic heterocycles. The third-order valence-electron chi connectivity index (χ3n) is 3.15. The SMILES string of the molecule is CC(Cc1ccc(Cl)cc1)NCc1cc(F)c(F)c(F)c1. The molecule has 0 saturated carbocycles. The first-order chi connectivity index (χ1) is 9.95. The number of halogens is 4. The van der Waals surface area contributed by atoms with E-state index in [0.29, 0.717) is 10.6 Å². The predicted molar refractivity (Wildman–Crippen MR) is 77.8 cm³/mol. The van der Waals surface area contributed by atoms with E-state index in [1.165, 1.54) is 0 Å². The Hall–Kier alpha value is -1.52. The van der Waals surface area contributed by atoms with E-state index in [2.05, 4.69) is 5.32 Å². The van der Waals surface area contributed by atoms with E-state index in [4.69, 9.17) is 11.6 Å². The largest absolute Gasteiger partial charge is 0.310 e. The molecule has 21 heavy (non-hydrogen) atoms. The van der Waals surface area contributed by atoms with Crippen LogP contribution in [0.4, 0.5) is 13.2 Å². The second-order valence-corrected chi connectivity index (χ2v) is 5.42. The monoisotopic (exact) mass is 313 g/mol. The Morgan fingerprint density at radius 1 is 1.00 bits per heavy atom. The molecule has 0 aromatic heterocycles. The fraction of sp³-hybridized carbons (Fsp3) is 0.250. The van der Waals surface area contributed by atoms with Gasteiger partial charge in [-0.05, 0) is 48.7 Å². The molecule has 112 valence electrons. The highest BCUT2D eigenvalue weighted by Crippen LogP contribution is 2.14. The zero-order valence-corrected chi connectivity index (χ0v) is 12.2. The Bertz CT molecular complexity index is 590. The lowest BCUT2D eigenvalue weighted by Crippen LogP contribution is -2.27. The summed E-state index contributed by atoms with van der Waals surface area (Å²) in [6.07, 6.45) is 0.753. The lowest BCUT2D eigenvalue weighted by molar-refractivity contribution is 0.443. The van der Waals surface area contributed by atoms with Gasteiger partial charge in [0.05, 0.1) is 0 Å². The molecule has 2 aromatic rings. The van der Waals surface area contributed by atoms with Crippen molar-refractivity contribution in [2.24, 2.45) is 0 Å². The van der Waals surface area contributed by atoms with E-state index in [0.717, 1.165) is 24.1 Å². The first-order valence-corrected chi connectivity index (χ1v) is 6.94. The van der Waals surface area contributed by atoms with Crippen LogP contribution in [0.25, 0.3) is 0 Å². The maximum Gasteiger partial charge on any atom is 0.194 e. The van der Waals surface area contributed by atoms with Crippen LogP contribution in [-0.4, -0.2) is 6.04 Å². The van der Waals surface area contributed by atoms with Crippen molar-refractivity contribution in [3.8, 4) is 0 Å². The highest BCUT2D eigenvalue weighted by molar-refractivity contribution is 6.30. The van der Waals surface area contributed by atoms with Crippen LogP contribution in [-0.2, 0) is 13.0 Å². The van der Waals surface area contributed by atoms with Gasteiger partial charge in [0, 0.05) is 17.6 Å². The first kappa shape index (κ1) is 15.9. The molecule has 0 spiro atoms. The Morgan fingerprint density at radius 2 is 1.57 bits per heavy atom. The van der Waals surface area contributed by atoms with Gasteiger partial charge in [0.2, 0.25) is 0 Å². The normalized spacial score (nSPS) is 12.4. The molecular formula is C16H15ClF3N. The summed E-state index contributed by atoms with van der Waals surface area (Å²) in [6.45, 7) is 2.23.